The van der Waals surface area contributed by atoms with E-state index in [9.17, 15) is 13.2 Å². The first kappa shape index (κ1) is 17.7. The van der Waals surface area contributed by atoms with Crippen LogP contribution in [0, 0.1) is 6.92 Å². The van der Waals surface area contributed by atoms with E-state index in [4.69, 9.17) is 16.3 Å². The van der Waals surface area contributed by atoms with Crippen molar-refractivity contribution in [3.8, 4) is 5.75 Å². The molecule has 0 spiro atoms. The van der Waals surface area contributed by atoms with Crippen molar-refractivity contribution in [1.82, 2.24) is 4.72 Å². The first-order valence-electron chi connectivity index (χ1n) is 6.51. The Hall–Kier alpha value is -1.61. The smallest absolute Gasteiger partial charge is 0.250 e. The maximum Gasteiger partial charge on any atom is 0.250 e. The number of aryl methyl sites for hydroxylation is 1. The average molecular weight is 375 g/mol. The van der Waals surface area contributed by atoms with Gasteiger partial charge in [0.25, 0.3) is 10.0 Å². The number of carbonyl (C=O) groups is 1. The van der Waals surface area contributed by atoms with Crippen LogP contribution in [-0.4, -0.2) is 28.0 Å². The van der Waals surface area contributed by atoms with Crippen molar-refractivity contribution in [2.45, 2.75) is 11.1 Å². The number of sulfonamides is 1. The van der Waals surface area contributed by atoms with Gasteiger partial charge in [-0.1, -0.05) is 11.6 Å². The third-order valence-corrected chi connectivity index (χ3v) is 5.97. The predicted molar refractivity (Wildman–Crippen MR) is 90.9 cm³/mol. The summed E-state index contributed by atoms with van der Waals surface area (Å²) in [6.07, 6.45) is 0. The summed E-state index contributed by atoms with van der Waals surface area (Å²) in [5, 5.41) is 2.99. The molecule has 0 radical (unpaired) electrons. The van der Waals surface area contributed by atoms with E-state index in [2.05, 4.69) is 10.0 Å². The molecule has 0 aliphatic carbocycles. The zero-order valence-corrected chi connectivity index (χ0v) is 14.8. The molecule has 2 aromatic rings. The van der Waals surface area contributed by atoms with Crippen LogP contribution in [0.15, 0.2) is 34.5 Å². The lowest BCUT2D eigenvalue weighted by Gasteiger charge is -2.11. The molecule has 1 aromatic heterocycles. The van der Waals surface area contributed by atoms with E-state index in [1.807, 2.05) is 6.92 Å². The fourth-order valence-electron chi connectivity index (χ4n) is 1.76. The van der Waals surface area contributed by atoms with Gasteiger partial charge in [-0.3, -0.25) is 4.79 Å². The molecular formula is C14H15ClN2O4S2. The summed E-state index contributed by atoms with van der Waals surface area (Å²) in [6, 6.07) is 7.96. The molecule has 0 unspecified atom stereocenters. The quantitative estimate of drug-likeness (QED) is 0.814. The SMILES string of the molecule is COc1ccc(Cl)cc1NC(=O)CNS(=O)(=O)c1ccc(C)s1. The molecule has 0 saturated heterocycles. The van der Waals surface area contributed by atoms with E-state index in [0.717, 1.165) is 16.2 Å². The Labute approximate surface area is 143 Å². The lowest BCUT2D eigenvalue weighted by Crippen LogP contribution is -2.32. The number of methoxy groups -OCH3 is 1. The van der Waals surface area contributed by atoms with Crippen molar-refractivity contribution in [3.05, 3.63) is 40.2 Å². The Balaban J connectivity index is 2.02. The molecule has 124 valence electrons. The predicted octanol–water partition coefficient (Wildman–Crippen LogP) is 2.64. The second-order valence-corrected chi connectivity index (χ2v) is 8.30. The first-order valence-corrected chi connectivity index (χ1v) is 9.19. The second kappa shape index (κ2) is 7.31. The van der Waals surface area contributed by atoms with Gasteiger partial charge in [0.15, 0.2) is 0 Å². The molecule has 0 aliphatic heterocycles. The van der Waals surface area contributed by atoms with Gasteiger partial charge in [-0.15, -0.1) is 11.3 Å². The molecule has 1 aromatic carbocycles. The van der Waals surface area contributed by atoms with Crippen LogP contribution in [0.4, 0.5) is 5.69 Å². The van der Waals surface area contributed by atoms with Gasteiger partial charge in [0.1, 0.15) is 9.96 Å². The van der Waals surface area contributed by atoms with Crippen molar-refractivity contribution >= 4 is 44.6 Å². The number of anilines is 1. The normalized spacial score (nSPS) is 11.3. The van der Waals surface area contributed by atoms with Crippen LogP contribution in [0.25, 0.3) is 0 Å². The second-order valence-electron chi connectivity index (χ2n) is 4.58. The highest BCUT2D eigenvalue weighted by Crippen LogP contribution is 2.27. The number of benzene rings is 1. The Morgan fingerprint density at radius 2 is 2.04 bits per heavy atom. The Morgan fingerprint density at radius 3 is 2.65 bits per heavy atom. The van der Waals surface area contributed by atoms with Crippen LogP contribution in [0.3, 0.4) is 0 Å². The maximum absolute atomic E-state index is 12.1. The van der Waals surface area contributed by atoms with Gasteiger partial charge in [-0.25, -0.2) is 13.1 Å². The van der Waals surface area contributed by atoms with E-state index in [0.29, 0.717) is 16.5 Å². The van der Waals surface area contributed by atoms with Gasteiger partial charge < -0.3 is 10.1 Å². The van der Waals surface area contributed by atoms with E-state index < -0.39 is 22.5 Å². The number of hydrogen-bond donors (Lipinski definition) is 2. The molecule has 2 rings (SSSR count). The summed E-state index contributed by atoms with van der Waals surface area (Å²) in [7, 11) is -2.24. The van der Waals surface area contributed by atoms with Crippen LogP contribution in [0.5, 0.6) is 5.75 Å². The average Bonchev–Trinajstić information content (AvgIpc) is 2.93. The summed E-state index contributed by atoms with van der Waals surface area (Å²) in [4.78, 5) is 12.8. The summed E-state index contributed by atoms with van der Waals surface area (Å²) in [5.41, 5.74) is 0.371. The highest BCUT2D eigenvalue weighted by atomic mass is 35.5. The number of nitrogens with one attached hydrogen (secondary N) is 2. The summed E-state index contributed by atoms with van der Waals surface area (Å²) >= 11 is 7.01. The highest BCUT2D eigenvalue weighted by molar-refractivity contribution is 7.91. The van der Waals surface area contributed by atoms with Crippen LogP contribution in [0.2, 0.25) is 5.02 Å². The molecule has 6 nitrogen and oxygen atoms in total. The molecule has 9 heteroatoms. The fraction of sp³-hybridized carbons (Fsp3) is 0.214. The molecule has 0 bridgehead atoms. The molecule has 0 aliphatic rings. The van der Waals surface area contributed by atoms with Gasteiger partial charge in [0.05, 0.1) is 19.3 Å². The number of ether oxygens (including phenoxy) is 1. The molecule has 0 fully saturated rings. The molecule has 0 saturated carbocycles. The van der Waals surface area contributed by atoms with E-state index in [-0.39, 0.29) is 4.21 Å². The van der Waals surface area contributed by atoms with Crippen molar-refractivity contribution in [2.24, 2.45) is 0 Å². The Bertz CT molecular complexity index is 818. The summed E-state index contributed by atoms with van der Waals surface area (Å²) < 4.78 is 31.6. The summed E-state index contributed by atoms with van der Waals surface area (Å²) in [6.45, 7) is 1.41. The standard InChI is InChI=1S/C14H15ClN2O4S2/c1-9-3-6-14(22-9)23(19,20)16-8-13(18)17-11-7-10(15)4-5-12(11)21-2/h3-7,16H,8H2,1-2H3,(H,17,18). The van der Waals surface area contributed by atoms with Crippen LogP contribution >= 0.6 is 22.9 Å². The van der Waals surface area contributed by atoms with Gasteiger partial charge in [0, 0.05) is 9.90 Å². The van der Waals surface area contributed by atoms with Crippen molar-refractivity contribution in [1.29, 1.82) is 0 Å². The number of hydrogen-bond acceptors (Lipinski definition) is 5. The Kier molecular flexibility index (Phi) is 5.64. The van der Waals surface area contributed by atoms with Crippen molar-refractivity contribution in [3.63, 3.8) is 0 Å². The molecule has 23 heavy (non-hydrogen) atoms. The molecule has 2 N–H and O–H groups in total. The summed E-state index contributed by atoms with van der Waals surface area (Å²) in [5.74, 6) is -0.0955. The third kappa shape index (κ3) is 4.68. The maximum atomic E-state index is 12.1. The zero-order chi connectivity index (χ0) is 17.0. The molecule has 1 heterocycles. The lowest BCUT2D eigenvalue weighted by molar-refractivity contribution is -0.115. The largest absolute Gasteiger partial charge is 0.495 e. The minimum Gasteiger partial charge on any atom is -0.495 e. The minimum absolute atomic E-state index is 0.170. The third-order valence-electron chi connectivity index (χ3n) is 2.84. The highest BCUT2D eigenvalue weighted by Gasteiger charge is 2.18. The minimum atomic E-state index is -3.70. The topological polar surface area (TPSA) is 84.5 Å². The zero-order valence-electron chi connectivity index (χ0n) is 12.4. The van der Waals surface area contributed by atoms with Crippen LogP contribution in [-0.2, 0) is 14.8 Å². The van der Waals surface area contributed by atoms with Crippen LogP contribution in [0.1, 0.15) is 4.88 Å². The molecular weight excluding hydrogens is 360 g/mol. The van der Waals surface area contributed by atoms with Gasteiger partial charge in [0.2, 0.25) is 5.91 Å². The Morgan fingerprint density at radius 1 is 1.30 bits per heavy atom. The molecule has 0 atom stereocenters. The molecule has 1 amide bonds. The lowest BCUT2D eigenvalue weighted by atomic mass is 10.3. The van der Waals surface area contributed by atoms with Crippen molar-refractivity contribution < 1.29 is 17.9 Å². The fourth-order valence-corrected chi connectivity index (χ4v) is 4.24. The van der Waals surface area contributed by atoms with Crippen molar-refractivity contribution in [2.75, 3.05) is 19.0 Å². The van der Waals surface area contributed by atoms with E-state index >= 15 is 0 Å². The van der Waals surface area contributed by atoms with Gasteiger partial charge in [-0.05, 0) is 37.3 Å². The number of rotatable bonds is 6. The monoisotopic (exact) mass is 374 g/mol. The van der Waals surface area contributed by atoms with Gasteiger partial charge in [-0.2, -0.15) is 0 Å². The number of halogens is 1. The number of carbonyl (C=O) groups excluding carboxylic acids is 1. The van der Waals surface area contributed by atoms with E-state index in [1.54, 1.807) is 18.2 Å². The first-order chi connectivity index (χ1) is 10.8. The van der Waals surface area contributed by atoms with Crippen LogP contribution < -0.4 is 14.8 Å². The van der Waals surface area contributed by atoms with E-state index in [1.165, 1.54) is 19.2 Å². The number of thiophene rings is 1. The van der Waals surface area contributed by atoms with Gasteiger partial charge >= 0.3 is 0 Å². The number of amides is 1.